The summed E-state index contributed by atoms with van der Waals surface area (Å²) in [5, 5.41) is 13.0. The molecule has 2 heterocycles. The number of nitriles is 1. The number of fused-ring (bicyclic) bond motifs is 1. The zero-order valence-electron chi connectivity index (χ0n) is 11.3. The molecule has 0 spiro atoms. The Bertz CT molecular complexity index is 881. The Kier molecular flexibility index (Phi) is 3.45. The first kappa shape index (κ1) is 13.7. The molecule has 0 aliphatic rings. The van der Waals surface area contributed by atoms with Crippen LogP contribution >= 0.6 is 23.3 Å². The molecule has 21 heavy (non-hydrogen) atoms. The molecule has 0 aliphatic carbocycles. The number of hydrogen-bond donors (Lipinski definition) is 1. The fourth-order valence-corrected chi connectivity index (χ4v) is 2.87. The number of nitrogens with one attached hydrogen (secondary N) is 1. The Balaban J connectivity index is 2.18. The van der Waals surface area contributed by atoms with E-state index < -0.39 is 0 Å². The summed E-state index contributed by atoms with van der Waals surface area (Å²) >= 11 is 7.37. The minimum atomic E-state index is 0.484. The Hall–Kier alpha value is -2.23. The SMILES string of the molecule is Cc1cc(C)c(C#N)c(Nc2c(Cl)ccc3nsnc23)n1. The van der Waals surface area contributed by atoms with Crippen molar-refractivity contribution in [2.45, 2.75) is 13.8 Å². The van der Waals surface area contributed by atoms with Crippen LogP contribution in [0.25, 0.3) is 11.0 Å². The molecule has 7 heteroatoms. The molecule has 2 aromatic heterocycles. The van der Waals surface area contributed by atoms with Crippen LogP contribution in [-0.2, 0) is 0 Å². The van der Waals surface area contributed by atoms with Gasteiger partial charge in [-0.05, 0) is 37.6 Å². The molecule has 5 nitrogen and oxygen atoms in total. The van der Waals surface area contributed by atoms with Crippen LogP contribution in [-0.4, -0.2) is 13.7 Å². The second-order valence-electron chi connectivity index (χ2n) is 4.60. The van der Waals surface area contributed by atoms with E-state index in [1.54, 1.807) is 6.07 Å². The third-order valence-corrected chi connectivity index (χ3v) is 3.93. The fraction of sp³-hybridized carbons (Fsp3) is 0.143. The molecule has 1 aromatic carbocycles. The number of benzene rings is 1. The molecule has 0 radical (unpaired) electrons. The van der Waals surface area contributed by atoms with Crippen molar-refractivity contribution in [3.8, 4) is 6.07 Å². The van der Waals surface area contributed by atoms with Crippen LogP contribution in [0.1, 0.15) is 16.8 Å². The number of anilines is 2. The van der Waals surface area contributed by atoms with E-state index in [4.69, 9.17) is 11.6 Å². The molecule has 0 aliphatic heterocycles. The summed E-state index contributed by atoms with van der Waals surface area (Å²) in [6, 6.07) is 7.61. The van der Waals surface area contributed by atoms with Gasteiger partial charge in [0.05, 0.1) is 28.0 Å². The summed E-state index contributed by atoms with van der Waals surface area (Å²) in [5.74, 6) is 0.484. The Labute approximate surface area is 130 Å². The van der Waals surface area contributed by atoms with E-state index in [-0.39, 0.29) is 0 Å². The zero-order valence-corrected chi connectivity index (χ0v) is 12.9. The first-order valence-electron chi connectivity index (χ1n) is 6.16. The summed E-state index contributed by atoms with van der Waals surface area (Å²) in [7, 11) is 0. The van der Waals surface area contributed by atoms with Crippen LogP contribution in [0.5, 0.6) is 0 Å². The van der Waals surface area contributed by atoms with Crippen molar-refractivity contribution >= 4 is 45.9 Å². The lowest BCUT2D eigenvalue weighted by molar-refractivity contribution is 1.16. The molecule has 0 unspecified atom stereocenters. The lowest BCUT2D eigenvalue weighted by Gasteiger charge is -2.11. The average Bonchev–Trinajstić information content (AvgIpc) is 2.90. The van der Waals surface area contributed by atoms with Gasteiger partial charge in [0.15, 0.2) is 0 Å². The molecule has 0 fully saturated rings. The van der Waals surface area contributed by atoms with E-state index >= 15 is 0 Å². The van der Waals surface area contributed by atoms with Gasteiger partial charge >= 0.3 is 0 Å². The van der Waals surface area contributed by atoms with Crippen molar-refractivity contribution in [1.82, 2.24) is 13.7 Å². The lowest BCUT2D eigenvalue weighted by atomic mass is 10.1. The van der Waals surface area contributed by atoms with Crippen molar-refractivity contribution in [1.29, 1.82) is 5.26 Å². The number of aryl methyl sites for hydroxylation is 2. The normalized spacial score (nSPS) is 10.6. The molecule has 0 atom stereocenters. The number of pyridine rings is 1. The van der Waals surface area contributed by atoms with Gasteiger partial charge in [-0.3, -0.25) is 0 Å². The molecule has 0 amide bonds. The maximum absolute atomic E-state index is 9.32. The zero-order chi connectivity index (χ0) is 15.0. The molecule has 0 saturated heterocycles. The van der Waals surface area contributed by atoms with Crippen molar-refractivity contribution in [3.05, 3.63) is 40.0 Å². The topological polar surface area (TPSA) is 74.5 Å². The third kappa shape index (κ3) is 2.42. The Morgan fingerprint density at radius 2 is 2.10 bits per heavy atom. The quantitative estimate of drug-likeness (QED) is 0.774. The van der Waals surface area contributed by atoms with Crippen LogP contribution in [0.15, 0.2) is 18.2 Å². The van der Waals surface area contributed by atoms with Crippen LogP contribution in [0.3, 0.4) is 0 Å². The van der Waals surface area contributed by atoms with Gasteiger partial charge in [-0.15, -0.1) is 0 Å². The van der Waals surface area contributed by atoms with Crippen LogP contribution in [0.4, 0.5) is 11.5 Å². The number of nitrogens with zero attached hydrogens (tertiary/aromatic N) is 4. The highest BCUT2D eigenvalue weighted by Gasteiger charge is 2.14. The van der Waals surface area contributed by atoms with Gasteiger partial charge in [-0.1, -0.05) is 11.6 Å². The predicted molar refractivity (Wildman–Crippen MR) is 84.1 cm³/mol. The van der Waals surface area contributed by atoms with E-state index in [0.717, 1.165) is 28.5 Å². The van der Waals surface area contributed by atoms with E-state index in [1.807, 2.05) is 26.0 Å². The summed E-state index contributed by atoms with van der Waals surface area (Å²) in [5.41, 5.74) is 4.25. The Morgan fingerprint density at radius 3 is 2.86 bits per heavy atom. The highest BCUT2D eigenvalue weighted by molar-refractivity contribution is 7.00. The second-order valence-corrected chi connectivity index (χ2v) is 5.53. The molecular formula is C14H10ClN5S. The van der Waals surface area contributed by atoms with Crippen LogP contribution in [0, 0.1) is 25.2 Å². The van der Waals surface area contributed by atoms with Crippen LogP contribution in [0.2, 0.25) is 5.02 Å². The maximum Gasteiger partial charge on any atom is 0.148 e. The lowest BCUT2D eigenvalue weighted by Crippen LogP contribution is -2.01. The summed E-state index contributed by atoms with van der Waals surface area (Å²) in [6.45, 7) is 3.76. The molecule has 3 aromatic rings. The minimum Gasteiger partial charge on any atom is -0.336 e. The molecule has 3 rings (SSSR count). The van der Waals surface area contributed by atoms with E-state index in [0.29, 0.717) is 27.6 Å². The van der Waals surface area contributed by atoms with E-state index in [2.05, 4.69) is 25.1 Å². The maximum atomic E-state index is 9.32. The smallest absolute Gasteiger partial charge is 0.148 e. The molecule has 0 saturated carbocycles. The highest BCUT2D eigenvalue weighted by Crippen LogP contribution is 2.33. The fourth-order valence-electron chi connectivity index (χ4n) is 2.13. The standard InChI is InChI=1S/C14H10ClN5S/c1-7-5-8(2)17-14(9(7)6-16)18-12-10(15)3-4-11-13(12)20-21-19-11/h3-5H,1-2H3,(H,17,18). The number of aromatic nitrogens is 3. The van der Waals surface area contributed by atoms with Crippen molar-refractivity contribution in [2.75, 3.05) is 5.32 Å². The van der Waals surface area contributed by atoms with Gasteiger partial charge in [0, 0.05) is 5.69 Å². The molecule has 104 valence electrons. The van der Waals surface area contributed by atoms with Gasteiger partial charge in [0.25, 0.3) is 0 Å². The molecular weight excluding hydrogens is 306 g/mol. The van der Waals surface area contributed by atoms with E-state index in [9.17, 15) is 5.26 Å². The summed E-state index contributed by atoms with van der Waals surface area (Å²) in [4.78, 5) is 4.40. The third-order valence-electron chi connectivity index (χ3n) is 3.08. The van der Waals surface area contributed by atoms with Crippen LogP contribution < -0.4 is 5.32 Å². The number of rotatable bonds is 2. The van der Waals surface area contributed by atoms with Crippen molar-refractivity contribution < 1.29 is 0 Å². The van der Waals surface area contributed by atoms with Gasteiger partial charge in [-0.25, -0.2) is 4.98 Å². The first-order valence-corrected chi connectivity index (χ1v) is 7.27. The second kappa shape index (κ2) is 5.28. The monoisotopic (exact) mass is 315 g/mol. The highest BCUT2D eigenvalue weighted by atomic mass is 35.5. The van der Waals surface area contributed by atoms with Gasteiger partial charge in [0.2, 0.25) is 0 Å². The first-order chi connectivity index (χ1) is 10.1. The minimum absolute atomic E-state index is 0.484. The van der Waals surface area contributed by atoms with Gasteiger partial charge in [-0.2, -0.15) is 14.0 Å². The Morgan fingerprint density at radius 1 is 1.29 bits per heavy atom. The van der Waals surface area contributed by atoms with Crippen molar-refractivity contribution in [3.63, 3.8) is 0 Å². The molecule has 1 N–H and O–H groups in total. The van der Waals surface area contributed by atoms with Crippen molar-refractivity contribution in [2.24, 2.45) is 0 Å². The predicted octanol–water partition coefficient (Wildman–Crippen LogP) is 3.97. The number of hydrogen-bond acceptors (Lipinski definition) is 6. The average molecular weight is 316 g/mol. The summed E-state index contributed by atoms with van der Waals surface area (Å²) < 4.78 is 8.44. The van der Waals surface area contributed by atoms with Gasteiger partial charge < -0.3 is 5.32 Å². The van der Waals surface area contributed by atoms with E-state index in [1.165, 1.54) is 0 Å². The largest absolute Gasteiger partial charge is 0.336 e. The van der Waals surface area contributed by atoms with Gasteiger partial charge in [0.1, 0.15) is 22.9 Å². The summed E-state index contributed by atoms with van der Waals surface area (Å²) in [6.07, 6.45) is 0. The number of halogens is 1. The molecule has 0 bridgehead atoms.